The summed E-state index contributed by atoms with van der Waals surface area (Å²) in [5, 5.41) is 2.33. The molecule has 32 heavy (non-hydrogen) atoms. The average Bonchev–Trinajstić information content (AvgIpc) is 3.02. The maximum Gasteiger partial charge on any atom is 0.341 e. The Kier molecular flexibility index (Phi) is 6.91. The maximum atomic E-state index is 12.5. The number of nitrogens with zero attached hydrogens (tertiary/aromatic N) is 1. The highest BCUT2D eigenvalue weighted by molar-refractivity contribution is 7.91. The molecule has 3 atom stereocenters. The van der Waals surface area contributed by atoms with Crippen molar-refractivity contribution in [3.05, 3.63) is 24.3 Å². The number of hydrogen-bond acceptors (Lipinski definition) is 7. The van der Waals surface area contributed by atoms with E-state index in [9.17, 15) is 36.4 Å². The van der Waals surface area contributed by atoms with Gasteiger partial charge in [0.1, 0.15) is 6.04 Å². The second-order valence-corrected chi connectivity index (χ2v) is 9.62. The van der Waals surface area contributed by atoms with Crippen LogP contribution in [-0.2, 0) is 33.8 Å². The van der Waals surface area contributed by atoms with E-state index >= 15 is 0 Å². The number of rotatable bonds is 7. The second kappa shape index (κ2) is 9.31. The summed E-state index contributed by atoms with van der Waals surface area (Å²) < 4.78 is 52.8. The Morgan fingerprint density at radius 1 is 1.09 bits per heavy atom. The molecule has 0 spiro atoms. The zero-order valence-corrected chi connectivity index (χ0v) is 17.9. The molecule has 1 aliphatic heterocycles. The number of amides is 3. The van der Waals surface area contributed by atoms with Gasteiger partial charge in [0.2, 0.25) is 21.7 Å². The summed E-state index contributed by atoms with van der Waals surface area (Å²) in [6, 6.07) is 2.87. The third-order valence-corrected chi connectivity index (χ3v) is 7.05. The average molecular weight is 472 g/mol. The minimum Gasteiger partial charge on any atom is -0.454 e. The van der Waals surface area contributed by atoms with Gasteiger partial charge in [-0.1, -0.05) is 12.8 Å². The van der Waals surface area contributed by atoms with Crippen molar-refractivity contribution in [2.24, 2.45) is 11.8 Å². The van der Waals surface area contributed by atoms with Gasteiger partial charge in [-0.05, 0) is 44.0 Å². The topological polar surface area (TPSA) is 127 Å². The summed E-state index contributed by atoms with van der Waals surface area (Å²) in [4.78, 5) is 49.7. The number of likely N-dealkylation sites (tertiary alicyclic amines) is 1. The molecule has 1 saturated carbocycles. The number of esters is 1. The summed E-state index contributed by atoms with van der Waals surface area (Å²) in [6.45, 7) is 0.638. The van der Waals surface area contributed by atoms with Gasteiger partial charge in [0.05, 0.1) is 16.7 Å². The van der Waals surface area contributed by atoms with Crippen molar-refractivity contribution < 1.29 is 41.1 Å². The van der Waals surface area contributed by atoms with Crippen LogP contribution in [0.4, 0.5) is 14.5 Å². The van der Waals surface area contributed by atoms with E-state index in [0.29, 0.717) is 12.8 Å². The van der Waals surface area contributed by atoms with E-state index in [2.05, 4.69) is 5.32 Å². The Bertz CT molecular complexity index is 1000. The lowest BCUT2D eigenvalue weighted by molar-refractivity contribution is -0.159. The largest absolute Gasteiger partial charge is 0.454 e. The highest BCUT2D eigenvalue weighted by Gasteiger charge is 2.51. The van der Waals surface area contributed by atoms with E-state index in [1.807, 2.05) is 0 Å². The van der Waals surface area contributed by atoms with E-state index in [4.69, 9.17) is 4.74 Å². The Morgan fingerprint density at radius 2 is 1.62 bits per heavy atom. The van der Waals surface area contributed by atoms with Crippen molar-refractivity contribution in [1.29, 1.82) is 0 Å². The van der Waals surface area contributed by atoms with Gasteiger partial charge < -0.3 is 10.1 Å². The Labute approximate surface area is 183 Å². The van der Waals surface area contributed by atoms with Crippen molar-refractivity contribution in [2.75, 3.05) is 11.9 Å². The molecule has 1 N–H and O–H groups in total. The number of carbonyl (C=O) groups excluding carboxylic acids is 4. The summed E-state index contributed by atoms with van der Waals surface area (Å²) >= 11 is 0. The van der Waals surface area contributed by atoms with Crippen LogP contribution in [0.15, 0.2) is 29.2 Å². The lowest BCUT2D eigenvalue weighted by Gasteiger charge is -2.21. The molecule has 9 nitrogen and oxygen atoms in total. The predicted octanol–water partition coefficient (Wildman–Crippen LogP) is 1.73. The summed E-state index contributed by atoms with van der Waals surface area (Å²) in [6.07, 6.45) is 2.91. The monoisotopic (exact) mass is 472 g/mol. The quantitative estimate of drug-likeness (QED) is 0.473. The van der Waals surface area contributed by atoms with Crippen LogP contribution in [0, 0.1) is 11.8 Å². The molecule has 1 aromatic carbocycles. The highest BCUT2D eigenvalue weighted by Crippen LogP contribution is 2.38. The maximum absolute atomic E-state index is 12.5. The van der Waals surface area contributed by atoms with E-state index in [1.54, 1.807) is 0 Å². The van der Waals surface area contributed by atoms with Gasteiger partial charge in [0, 0.05) is 5.69 Å². The number of ether oxygens (including phenoxy) is 1. The van der Waals surface area contributed by atoms with Gasteiger partial charge in [-0.3, -0.25) is 19.3 Å². The van der Waals surface area contributed by atoms with Crippen LogP contribution in [-0.4, -0.2) is 55.4 Å². The van der Waals surface area contributed by atoms with E-state index in [-0.39, 0.29) is 5.69 Å². The molecule has 174 valence electrons. The van der Waals surface area contributed by atoms with Crippen LogP contribution in [0.5, 0.6) is 0 Å². The van der Waals surface area contributed by atoms with Gasteiger partial charge in [0.25, 0.3) is 5.91 Å². The number of benzene rings is 1. The highest BCUT2D eigenvalue weighted by atomic mass is 32.2. The number of anilines is 1. The molecule has 2 aliphatic rings. The number of carbonyl (C=O) groups is 4. The minimum atomic E-state index is -4.75. The summed E-state index contributed by atoms with van der Waals surface area (Å²) in [5.74, 6) is -6.87. The zero-order chi connectivity index (χ0) is 23.6. The van der Waals surface area contributed by atoms with E-state index < -0.39 is 68.7 Å². The third kappa shape index (κ3) is 4.64. The summed E-state index contributed by atoms with van der Waals surface area (Å²) in [5.41, 5.74) is 0.0984. The van der Waals surface area contributed by atoms with Crippen LogP contribution in [0.1, 0.15) is 32.6 Å². The first kappa shape index (κ1) is 23.8. The van der Waals surface area contributed by atoms with Crippen molar-refractivity contribution in [3.8, 4) is 0 Å². The SMILES string of the molecule is C[C@@H](C(=O)OCC(=O)Nc1ccc(S(=O)(=O)C(F)F)cc1)N1C(=O)C2CCCCC2C1=O. The molecule has 2 fully saturated rings. The number of fused-ring (bicyclic) bond motifs is 1. The van der Waals surface area contributed by atoms with Crippen LogP contribution < -0.4 is 5.32 Å². The Morgan fingerprint density at radius 3 is 2.12 bits per heavy atom. The first-order valence-corrected chi connectivity index (χ1v) is 11.5. The number of alkyl halides is 2. The van der Waals surface area contributed by atoms with Gasteiger partial charge >= 0.3 is 11.7 Å². The second-order valence-electron chi connectivity index (χ2n) is 7.71. The number of hydrogen-bond donors (Lipinski definition) is 1. The standard InChI is InChI=1S/C20H22F2N2O7S/c1-11(24-17(26)14-4-2-3-5-15(14)18(24)27)19(28)31-10-16(25)23-12-6-8-13(9-7-12)32(29,30)20(21)22/h6-9,11,14-15,20H,2-5,10H2,1H3,(H,23,25)/t11-,14?,15?/m0/s1. The summed E-state index contributed by atoms with van der Waals surface area (Å²) in [7, 11) is -4.75. The molecule has 3 rings (SSSR count). The molecule has 0 bridgehead atoms. The van der Waals surface area contributed by atoms with Gasteiger partial charge in [0.15, 0.2) is 6.61 Å². The smallest absolute Gasteiger partial charge is 0.341 e. The fraction of sp³-hybridized carbons (Fsp3) is 0.500. The number of imide groups is 1. The van der Waals surface area contributed by atoms with Gasteiger partial charge in [-0.2, -0.15) is 8.78 Å². The third-order valence-electron chi connectivity index (χ3n) is 5.65. The molecule has 0 radical (unpaired) electrons. The van der Waals surface area contributed by atoms with Gasteiger partial charge in [-0.15, -0.1) is 0 Å². The molecule has 1 saturated heterocycles. The van der Waals surface area contributed by atoms with Crippen LogP contribution in [0.25, 0.3) is 0 Å². The number of halogens is 2. The lowest BCUT2D eigenvalue weighted by Crippen LogP contribution is -2.45. The number of nitrogens with one attached hydrogen (secondary N) is 1. The molecular weight excluding hydrogens is 450 g/mol. The van der Waals surface area contributed by atoms with Crippen molar-refractivity contribution in [3.63, 3.8) is 0 Å². The van der Waals surface area contributed by atoms with Crippen LogP contribution in [0.3, 0.4) is 0 Å². The van der Waals surface area contributed by atoms with Crippen LogP contribution in [0.2, 0.25) is 0 Å². The molecule has 2 unspecified atom stereocenters. The van der Waals surface area contributed by atoms with Crippen molar-refractivity contribution >= 4 is 39.2 Å². The molecule has 3 amide bonds. The fourth-order valence-electron chi connectivity index (χ4n) is 3.96. The molecule has 1 aliphatic carbocycles. The Balaban J connectivity index is 1.54. The van der Waals surface area contributed by atoms with E-state index in [1.165, 1.54) is 6.92 Å². The first-order chi connectivity index (χ1) is 15.0. The van der Waals surface area contributed by atoms with Crippen molar-refractivity contribution in [2.45, 2.75) is 49.3 Å². The fourth-order valence-corrected chi connectivity index (χ4v) is 4.68. The first-order valence-electron chi connectivity index (χ1n) is 9.99. The zero-order valence-electron chi connectivity index (χ0n) is 17.1. The Hall–Kier alpha value is -2.89. The predicted molar refractivity (Wildman–Crippen MR) is 106 cm³/mol. The molecule has 0 aromatic heterocycles. The van der Waals surface area contributed by atoms with Gasteiger partial charge in [-0.25, -0.2) is 13.2 Å². The molecule has 1 heterocycles. The van der Waals surface area contributed by atoms with Crippen LogP contribution >= 0.6 is 0 Å². The molecule has 1 aromatic rings. The van der Waals surface area contributed by atoms with Crippen molar-refractivity contribution in [1.82, 2.24) is 4.90 Å². The normalized spacial score (nSPS) is 21.9. The number of sulfone groups is 1. The lowest BCUT2D eigenvalue weighted by atomic mass is 9.81. The molecule has 12 heteroatoms. The van der Waals surface area contributed by atoms with E-state index in [0.717, 1.165) is 42.0 Å². The minimum absolute atomic E-state index is 0.0984. The molecular formula is C20H22F2N2O7S.